The number of benzene rings is 8. The van der Waals surface area contributed by atoms with Crippen LogP contribution in [0.15, 0.2) is 194 Å². The van der Waals surface area contributed by atoms with Crippen molar-refractivity contribution in [2.45, 2.75) is 43.9 Å². The highest BCUT2D eigenvalue weighted by atomic mass is 15.2. The molecule has 4 bridgehead atoms. The number of para-hydroxylation sites is 4. The Labute approximate surface area is 385 Å². The highest BCUT2D eigenvalue weighted by Crippen LogP contribution is 2.61. The second-order valence-corrected chi connectivity index (χ2v) is 20.2. The Bertz CT molecular complexity index is 3590. The van der Waals surface area contributed by atoms with Crippen LogP contribution in [0.2, 0.25) is 0 Å². The first-order valence-corrected chi connectivity index (χ1v) is 24.2. The van der Waals surface area contributed by atoms with Gasteiger partial charge in [0.1, 0.15) is 0 Å². The number of pyridine rings is 1. The third-order valence-corrected chi connectivity index (χ3v) is 16.5. The molecule has 5 heteroatoms. The van der Waals surface area contributed by atoms with E-state index in [0.29, 0.717) is 5.41 Å². The average molecular weight is 847 g/mol. The maximum absolute atomic E-state index is 4.87. The van der Waals surface area contributed by atoms with Crippen LogP contribution in [-0.4, -0.2) is 16.3 Å². The Kier molecular flexibility index (Phi) is 7.73. The molecule has 2 aromatic heterocycles. The molecule has 4 nitrogen and oxygen atoms in total. The average Bonchev–Trinajstić information content (AvgIpc) is 3.70. The molecular formula is C61H47BN4. The second kappa shape index (κ2) is 13.8. The standard InChI is InChI=1S/C61H47BN4/c1-2-15-45(16-3-1)64-55-22-7-5-20-51(55)62-52-35-47(65-53-21-6-4-18-49(53)50-34-44(25-27-54(50)65)61-36-39-30-40(37-61)32-41(31-39)38-61)26-28-56(52)66(58-24-10-23-57(64)59(58)62)46-17-8-13-43(33-46)48-19-9-12-42-14-11-29-63-60(42)48/h1-29,33-35,39-41H,30-32,36-38H2. The van der Waals surface area contributed by atoms with Gasteiger partial charge in [-0.3, -0.25) is 4.98 Å². The van der Waals surface area contributed by atoms with Crippen LogP contribution in [0.3, 0.4) is 0 Å². The molecule has 4 heterocycles. The first-order valence-electron chi connectivity index (χ1n) is 24.2. The van der Waals surface area contributed by atoms with Crippen molar-refractivity contribution in [3.8, 4) is 16.8 Å². The van der Waals surface area contributed by atoms with Crippen molar-refractivity contribution in [1.29, 1.82) is 0 Å². The summed E-state index contributed by atoms with van der Waals surface area (Å²) in [6, 6.07) is 70.7. The van der Waals surface area contributed by atoms with Crippen LogP contribution < -0.4 is 26.2 Å². The molecule has 2 aliphatic heterocycles. The zero-order chi connectivity index (χ0) is 43.1. The van der Waals surface area contributed by atoms with Crippen LogP contribution in [0.1, 0.15) is 44.1 Å². The minimum Gasteiger partial charge on any atom is -0.311 e. The minimum absolute atomic E-state index is 0.0137. The third kappa shape index (κ3) is 5.26. The third-order valence-electron chi connectivity index (χ3n) is 16.5. The Morgan fingerprint density at radius 1 is 0.470 bits per heavy atom. The summed E-state index contributed by atoms with van der Waals surface area (Å²) in [4.78, 5) is 9.87. The Morgan fingerprint density at radius 3 is 1.98 bits per heavy atom. The summed E-state index contributed by atoms with van der Waals surface area (Å²) in [6.07, 6.45) is 10.4. The van der Waals surface area contributed by atoms with E-state index in [1.807, 2.05) is 12.3 Å². The molecule has 0 saturated heterocycles. The van der Waals surface area contributed by atoms with Crippen LogP contribution >= 0.6 is 0 Å². The SMILES string of the molecule is c1ccc(N2c3ccccc3B3c4cc(-n5c6ccccc6c6cc(C78CC9CC(CC(C9)C7)C8)ccc65)ccc4N(c4cccc(-c5cccc6cccnc56)c4)c4cccc2c43)cc1. The molecule has 4 saturated carbocycles. The number of anilines is 6. The van der Waals surface area contributed by atoms with E-state index in [1.165, 1.54) is 105 Å². The van der Waals surface area contributed by atoms with E-state index in [1.54, 1.807) is 5.56 Å². The summed E-state index contributed by atoms with van der Waals surface area (Å²) >= 11 is 0. The predicted molar refractivity (Wildman–Crippen MR) is 275 cm³/mol. The normalized spacial score (nSPS) is 21.1. The lowest BCUT2D eigenvalue weighted by atomic mass is 9.33. The second-order valence-electron chi connectivity index (χ2n) is 20.2. The van der Waals surface area contributed by atoms with Crippen molar-refractivity contribution in [3.63, 3.8) is 0 Å². The van der Waals surface area contributed by atoms with E-state index in [4.69, 9.17) is 4.98 Å². The molecule has 8 aromatic carbocycles. The van der Waals surface area contributed by atoms with Crippen LogP contribution in [0.4, 0.5) is 34.1 Å². The minimum atomic E-state index is 0.0137. The van der Waals surface area contributed by atoms with Gasteiger partial charge in [0.05, 0.1) is 16.6 Å². The highest BCUT2D eigenvalue weighted by molar-refractivity contribution is 7.00. The van der Waals surface area contributed by atoms with Crippen LogP contribution in [0.25, 0.3) is 49.5 Å². The monoisotopic (exact) mass is 846 g/mol. The van der Waals surface area contributed by atoms with Gasteiger partial charge in [-0.2, -0.15) is 0 Å². The highest BCUT2D eigenvalue weighted by Gasteiger charge is 2.52. The lowest BCUT2D eigenvalue weighted by molar-refractivity contribution is -0.00512. The summed E-state index contributed by atoms with van der Waals surface area (Å²) in [7, 11) is 0. The van der Waals surface area contributed by atoms with Gasteiger partial charge >= 0.3 is 0 Å². The van der Waals surface area contributed by atoms with Crippen molar-refractivity contribution in [2.75, 3.05) is 9.80 Å². The lowest BCUT2D eigenvalue weighted by Crippen LogP contribution is -2.61. The fourth-order valence-corrected chi connectivity index (χ4v) is 14.3. The number of aromatic nitrogens is 2. The van der Waals surface area contributed by atoms with E-state index >= 15 is 0 Å². The molecule has 4 fully saturated rings. The van der Waals surface area contributed by atoms with Crippen molar-refractivity contribution < 1.29 is 0 Å². The molecule has 0 amide bonds. The first-order chi connectivity index (χ1) is 32.7. The largest absolute Gasteiger partial charge is 0.311 e. The fourth-order valence-electron chi connectivity index (χ4n) is 14.3. The van der Waals surface area contributed by atoms with Crippen molar-refractivity contribution in [3.05, 3.63) is 200 Å². The smallest absolute Gasteiger partial charge is 0.252 e. The molecule has 16 rings (SSSR count). The van der Waals surface area contributed by atoms with E-state index in [2.05, 4.69) is 196 Å². The summed E-state index contributed by atoms with van der Waals surface area (Å²) < 4.78 is 2.55. The van der Waals surface area contributed by atoms with E-state index < -0.39 is 0 Å². The zero-order valence-electron chi connectivity index (χ0n) is 36.8. The van der Waals surface area contributed by atoms with Crippen LogP contribution in [0, 0.1) is 17.8 Å². The summed E-state index contributed by atoms with van der Waals surface area (Å²) in [5.74, 6) is 2.74. The molecule has 314 valence electrons. The number of hydrogen-bond acceptors (Lipinski definition) is 3. The number of hydrogen-bond donors (Lipinski definition) is 0. The predicted octanol–water partition coefficient (Wildman–Crippen LogP) is 13.5. The van der Waals surface area contributed by atoms with E-state index in [9.17, 15) is 0 Å². The number of nitrogens with zero attached hydrogens (tertiary/aromatic N) is 4. The fraction of sp³-hybridized carbons (Fsp3) is 0.164. The van der Waals surface area contributed by atoms with Crippen LogP contribution in [-0.2, 0) is 5.41 Å². The topological polar surface area (TPSA) is 24.3 Å². The van der Waals surface area contributed by atoms with Gasteiger partial charge < -0.3 is 14.4 Å². The van der Waals surface area contributed by atoms with Crippen molar-refractivity contribution in [1.82, 2.24) is 9.55 Å². The first kappa shape index (κ1) is 36.9. The summed E-state index contributed by atoms with van der Waals surface area (Å²) in [5, 5.41) is 3.87. The molecule has 6 aliphatic rings. The molecule has 4 aliphatic carbocycles. The Morgan fingerprint density at radius 2 is 1.14 bits per heavy atom. The number of rotatable bonds is 5. The van der Waals surface area contributed by atoms with Gasteiger partial charge in [-0.15, -0.1) is 0 Å². The van der Waals surface area contributed by atoms with E-state index in [0.717, 1.165) is 51.2 Å². The molecule has 0 radical (unpaired) electrons. The Balaban J connectivity index is 0.956. The number of fused-ring (bicyclic) bond motifs is 8. The van der Waals surface area contributed by atoms with Crippen molar-refractivity contribution in [2.24, 2.45) is 17.8 Å². The molecule has 66 heavy (non-hydrogen) atoms. The van der Waals surface area contributed by atoms with E-state index in [-0.39, 0.29) is 6.71 Å². The van der Waals surface area contributed by atoms with Gasteiger partial charge in [-0.25, -0.2) is 0 Å². The van der Waals surface area contributed by atoms with Gasteiger partial charge in [0.2, 0.25) is 0 Å². The van der Waals surface area contributed by atoms with Gasteiger partial charge in [0.15, 0.2) is 0 Å². The summed E-state index contributed by atoms with van der Waals surface area (Å²) in [6.45, 7) is 0.0137. The quantitative estimate of drug-likeness (QED) is 0.161. The lowest BCUT2D eigenvalue weighted by Gasteiger charge is -2.57. The van der Waals surface area contributed by atoms with Gasteiger partial charge in [0.25, 0.3) is 6.71 Å². The van der Waals surface area contributed by atoms with Gasteiger partial charge in [0, 0.05) is 67.7 Å². The molecular weight excluding hydrogens is 800 g/mol. The molecule has 0 N–H and O–H groups in total. The molecule has 0 atom stereocenters. The molecule has 0 unspecified atom stereocenters. The maximum atomic E-state index is 4.87. The Hall–Kier alpha value is -7.37. The molecule has 10 aromatic rings. The maximum Gasteiger partial charge on any atom is 0.252 e. The zero-order valence-corrected chi connectivity index (χ0v) is 36.8. The molecule has 0 spiro atoms. The summed E-state index contributed by atoms with van der Waals surface area (Å²) in [5.41, 5.74) is 20.1. The van der Waals surface area contributed by atoms with Crippen LogP contribution in [0.5, 0.6) is 0 Å². The van der Waals surface area contributed by atoms with Crippen molar-refractivity contribution >= 4 is 89.9 Å². The van der Waals surface area contributed by atoms with Gasteiger partial charge in [-0.1, -0.05) is 103 Å². The van der Waals surface area contributed by atoms with Gasteiger partial charge in [-0.05, 0) is 174 Å².